The molecule has 2 aromatic carbocycles. The van der Waals surface area contributed by atoms with Gasteiger partial charge < -0.3 is 9.47 Å². The summed E-state index contributed by atoms with van der Waals surface area (Å²) in [7, 11) is 0. The molecule has 1 saturated heterocycles. The Balaban J connectivity index is 1.51. The van der Waals surface area contributed by atoms with Crippen molar-refractivity contribution in [3.8, 4) is 0 Å². The third-order valence-electron chi connectivity index (χ3n) is 5.58. The highest BCUT2D eigenvalue weighted by atomic mass is 16.2. The van der Waals surface area contributed by atoms with E-state index in [1.807, 2.05) is 31.7 Å². The SMILES string of the molecule is CC(C)(C)C(=O)N1CCN(Cc2nc3ccccc3n2Cc2ccccc2)CC1. The second-order valence-corrected chi connectivity index (χ2v) is 8.91. The Bertz CT molecular complexity index is 979. The van der Waals surface area contributed by atoms with Gasteiger partial charge in [-0.15, -0.1) is 0 Å². The van der Waals surface area contributed by atoms with E-state index < -0.39 is 0 Å². The van der Waals surface area contributed by atoms with Gasteiger partial charge in [-0.3, -0.25) is 9.69 Å². The predicted molar refractivity (Wildman–Crippen MR) is 117 cm³/mol. The largest absolute Gasteiger partial charge is 0.340 e. The van der Waals surface area contributed by atoms with Gasteiger partial charge in [-0.2, -0.15) is 0 Å². The molecule has 0 radical (unpaired) electrons. The normalized spacial score (nSPS) is 15.8. The molecule has 0 bridgehead atoms. The summed E-state index contributed by atoms with van der Waals surface area (Å²) in [4.78, 5) is 21.9. The van der Waals surface area contributed by atoms with Crippen LogP contribution in [0, 0.1) is 5.41 Å². The molecule has 4 rings (SSSR count). The van der Waals surface area contributed by atoms with Crippen molar-refractivity contribution in [3.63, 3.8) is 0 Å². The molecule has 0 saturated carbocycles. The monoisotopic (exact) mass is 390 g/mol. The van der Waals surface area contributed by atoms with Gasteiger partial charge >= 0.3 is 0 Å². The maximum atomic E-state index is 12.6. The third-order valence-corrected chi connectivity index (χ3v) is 5.58. The molecule has 29 heavy (non-hydrogen) atoms. The van der Waals surface area contributed by atoms with Crippen molar-refractivity contribution in [3.05, 3.63) is 66.0 Å². The van der Waals surface area contributed by atoms with Gasteiger partial charge in [0.2, 0.25) is 5.91 Å². The van der Waals surface area contributed by atoms with Gasteiger partial charge in [0.05, 0.1) is 17.6 Å². The fourth-order valence-corrected chi connectivity index (χ4v) is 3.97. The molecule has 0 unspecified atom stereocenters. The molecule has 152 valence electrons. The van der Waals surface area contributed by atoms with Crippen LogP contribution in [0.4, 0.5) is 0 Å². The Morgan fingerprint density at radius 1 is 0.897 bits per heavy atom. The zero-order chi connectivity index (χ0) is 20.4. The first-order valence-electron chi connectivity index (χ1n) is 10.4. The van der Waals surface area contributed by atoms with Crippen molar-refractivity contribution >= 4 is 16.9 Å². The van der Waals surface area contributed by atoms with Crippen LogP contribution in [0.15, 0.2) is 54.6 Å². The maximum Gasteiger partial charge on any atom is 0.228 e. The summed E-state index contributed by atoms with van der Waals surface area (Å²) in [6.45, 7) is 10.9. The molecule has 0 atom stereocenters. The highest BCUT2D eigenvalue weighted by molar-refractivity contribution is 5.81. The van der Waals surface area contributed by atoms with Gasteiger partial charge in [0, 0.05) is 38.1 Å². The number of aromatic nitrogens is 2. The Labute approximate surface area is 172 Å². The smallest absolute Gasteiger partial charge is 0.228 e. The summed E-state index contributed by atoms with van der Waals surface area (Å²) in [5, 5.41) is 0. The van der Waals surface area contributed by atoms with E-state index in [4.69, 9.17) is 4.98 Å². The highest BCUT2D eigenvalue weighted by Crippen LogP contribution is 2.21. The average molecular weight is 391 g/mol. The summed E-state index contributed by atoms with van der Waals surface area (Å²) >= 11 is 0. The van der Waals surface area contributed by atoms with Gasteiger partial charge in [-0.05, 0) is 17.7 Å². The molecule has 3 aromatic rings. The number of carbonyl (C=O) groups excluding carboxylic acids is 1. The van der Waals surface area contributed by atoms with Crippen LogP contribution in [-0.2, 0) is 17.9 Å². The maximum absolute atomic E-state index is 12.6. The Hall–Kier alpha value is -2.66. The molecule has 2 heterocycles. The van der Waals surface area contributed by atoms with Gasteiger partial charge in [0.25, 0.3) is 0 Å². The topological polar surface area (TPSA) is 41.4 Å². The first-order chi connectivity index (χ1) is 13.9. The second-order valence-electron chi connectivity index (χ2n) is 8.91. The summed E-state index contributed by atoms with van der Waals surface area (Å²) < 4.78 is 2.33. The minimum absolute atomic E-state index is 0.244. The standard InChI is InChI=1S/C24H30N4O/c1-24(2,3)23(29)27-15-13-26(14-16-27)18-22-25-20-11-7-8-12-21(20)28(22)17-19-9-5-4-6-10-19/h4-12H,13-18H2,1-3H3. The molecular formula is C24H30N4O. The van der Waals surface area contributed by atoms with E-state index in [0.717, 1.165) is 50.6 Å². The van der Waals surface area contributed by atoms with E-state index in [1.165, 1.54) is 11.1 Å². The molecule has 1 aliphatic heterocycles. The molecule has 1 aliphatic rings. The minimum atomic E-state index is -0.314. The lowest BCUT2D eigenvalue weighted by molar-refractivity contribution is -0.141. The quantitative estimate of drug-likeness (QED) is 0.681. The number of fused-ring (bicyclic) bond motifs is 1. The zero-order valence-corrected chi connectivity index (χ0v) is 17.6. The molecule has 5 heteroatoms. The van der Waals surface area contributed by atoms with Crippen LogP contribution in [0.1, 0.15) is 32.2 Å². The minimum Gasteiger partial charge on any atom is -0.340 e. The van der Waals surface area contributed by atoms with Gasteiger partial charge in [0.15, 0.2) is 0 Å². The number of para-hydroxylation sites is 2. The molecular weight excluding hydrogens is 360 g/mol. The number of rotatable bonds is 4. The molecule has 0 aliphatic carbocycles. The Morgan fingerprint density at radius 3 is 2.24 bits per heavy atom. The Morgan fingerprint density at radius 2 is 1.55 bits per heavy atom. The molecule has 0 N–H and O–H groups in total. The van der Waals surface area contributed by atoms with Crippen molar-refractivity contribution in [1.29, 1.82) is 0 Å². The molecule has 0 spiro atoms. The number of hydrogen-bond donors (Lipinski definition) is 0. The number of benzene rings is 2. The zero-order valence-electron chi connectivity index (χ0n) is 17.6. The first kappa shape index (κ1) is 19.6. The van der Waals surface area contributed by atoms with Crippen molar-refractivity contribution in [2.24, 2.45) is 5.41 Å². The lowest BCUT2D eigenvalue weighted by atomic mass is 9.94. The molecule has 1 aromatic heterocycles. The van der Waals surface area contributed by atoms with Crippen LogP contribution in [0.3, 0.4) is 0 Å². The van der Waals surface area contributed by atoms with Crippen molar-refractivity contribution in [1.82, 2.24) is 19.4 Å². The number of carbonyl (C=O) groups is 1. The lowest BCUT2D eigenvalue weighted by Gasteiger charge is -2.37. The number of nitrogens with zero attached hydrogens (tertiary/aromatic N) is 4. The van der Waals surface area contributed by atoms with E-state index in [9.17, 15) is 4.79 Å². The summed E-state index contributed by atoms with van der Waals surface area (Å²) in [6, 6.07) is 18.9. The fourth-order valence-electron chi connectivity index (χ4n) is 3.97. The van der Waals surface area contributed by atoms with Crippen molar-refractivity contribution < 1.29 is 4.79 Å². The number of amides is 1. The van der Waals surface area contributed by atoms with Gasteiger partial charge in [0.1, 0.15) is 5.82 Å². The van der Waals surface area contributed by atoms with Crippen LogP contribution in [-0.4, -0.2) is 51.4 Å². The number of hydrogen-bond acceptors (Lipinski definition) is 3. The van der Waals surface area contributed by atoms with Crippen molar-refractivity contribution in [2.45, 2.75) is 33.9 Å². The second kappa shape index (κ2) is 7.99. The molecule has 1 fully saturated rings. The molecule has 5 nitrogen and oxygen atoms in total. The summed E-state index contributed by atoms with van der Waals surface area (Å²) in [6.07, 6.45) is 0. The van der Waals surface area contributed by atoms with E-state index in [0.29, 0.717) is 0 Å². The van der Waals surface area contributed by atoms with Crippen LogP contribution in [0.2, 0.25) is 0 Å². The van der Waals surface area contributed by atoms with Crippen LogP contribution in [0.5, 0.6) is 0 Å². The average Bonchev–Trinajstić information content (AvgIpc) is 3.05. The van der Waals surface area contributed by atoms with E-state index in [-0.39, 0.29) is 11.3 Å². The summed E-state index contributed by atoms with van der Waals surface area (Å²) in [5.74, 6) is 1.33. The van der Waals surface area contributed by atoms with Crippen LogP contribution < -0.4 is 0 Å². The first-order valence-corrected chi connectivity index (χ1v) is 10.4. The summed E-state index contributed by atoms with van der Waals surface area (Å²) in [5.41, 5.74) is 3.18. The van der Waals surface area contributed by atoms with Gasteiger partial charge in [-0.25, -0.2) is 4.98 Å². The highest BCUT2D eigenvalue weighted by Gasteiger charge is 2.30. The third kappa shape index (κ3) is 4.35. The van der Waals surface area contributed by atoms with Crippen LogP contribution >= 0.6 is 0 Å². The molecule has 1 amide bonds. The number of imidazole rings is 1. The van der Waals surface area contributed by atoms with E-state index >= 15 is 0 Å². The van der Waals surface area contributed by atoms with E-state index in [2.05, 4.69) is 58.0 Å². The number of piperazine rings is 1. The fraction of sp³-hybridized carbons (Fsp3) is 0.417. The Kier molecular flexibility index (Phi) is 5.41. The van der Waals surface area contributed by atoms with Crippen molar-refractivity contribution in [2.75, 3.05) is 26.2 Å². The van der Waals surface area contributed by atoms with Gasteiger partial charge in [-0.1, -0.05) is 63.2 Å². The lowest BCUT2D eigenvalue weighted by Crippen LogP contribution is -2.51. The predicted octanol–water partition coefficient (Wildman–Crippen LogP) is 3.77. The van der Waals surface area contributed by atoms with Crippen LogP contribution in [0.25, 0.3) is 11.0 Å². The van der Waals surface area contributed by atoms with E-state index in [1.54, 1.807) is 0 Å².